The summed E-state index contributed by atoms with van der Waals surface area (Å²) in [5.41, 5.74) is 1.42. The van der Waals surface area contributed by atoms with E-state index in [1.165, 1.54) is 0 Å². The van der Waals surface area contributed by atoms with Crippen LogP contribution in [0.15, 0.2) is 66.7 Å². The van der Waals surface area contributed by atoms with E-state index in [0.717, 1.165) is 22.1 Å². The Kier molecular flexibility index (Phi) is 8.65. The number of hydrogen-bond donors (Lipinski definition) is 1. The summed E-state index contributed by atoms with van der Waals surface area (Å²) in [6, 6.07) is 20.6. The highest BCUT2D eigenvalue weighted by Crippen LogP contribution is 2.22. The van der Waals surface area contributed by atoms with E-state index in [1.807, 2.05) is 48.5 Å². The van der Waals surface area contributed by atoms with Crippen LogP contribution in [0.3, 0.4) is 0 Å². The van der Waals surface area contributed by atoms with Crippen molar-refractivity contribution in [2.75, 3.05) is 39.6 Å². The van der Waals surface area contributed by atoms with Crippen molar-refractivity contribution in [1.29, 1.82) is 0 Å². The lowest BCUT2D eigenvalue weighted by Crippen LogP contribution is -2.12. The van der Waals surface area contributed by atoms with Crippen molar-refractivity contribution in [1.82, 2.24) is 0 Å². The van der Waals surface area contributed by atoms with Gasteiger partial charge in [0.15, 0.2) is 0 Å². The maximum Gasteiger partial charge on any atom is 0.335 e. The second-order valence-corrected chi connectivity index (χ2v) is 6.64. The summed E-state index contributed by atoms with van der Waals surface area (Å²) in [5, 5.41) is 10.8. The Hall–Kier alpha value is -2.93. The molecule has 1 N–H and O–H groups in total. The standard InChI is InChI=1S/C24H26O6/c25-24(26)22-7-6-21-17-23(9-8-20(21)16-22)30-15-14-28-11-10-27-12-13-29-18-19-4-2-1-3-5-19/h1-9,16-17H,10-15,18H2,(H,25,26). The van der Waals surface area contributed by atoms with Crippen LogP contribution in [0.4, 0.5) is 0 Å². The fourth-order valence-electron chi connectivity index (χ4n) is 2.87. The molecule has 0 radical (unpaired) electrons. The van der Waals surface area contributed by atoms with Crippen molar-refractivity contribution in [3.63, 3.8) is 0 Å². The molecular weight excluding hydrogens is 384 g/mol. The predicted octanol–water partition coefficient (Wildman–Crippen LogP) is 4.17. The van der Waals surface area contributed by atoms with E-state index in [-0.39, 0.29) is 5.56 Å². The number of carbonyl (C=O) groups is 1. The molecule has 0 unspecified atom stereocenters. The van der Waals surface area contributed by atoms with Crippen molar-refractivity contribution >= 4 is 16.7 Å². The van der Waals surface area contributed by atoms with Gasteiger partial charge in [-0.3, -0.25) is 0 Å². The summed E-state index contributed by atoms with van der Waals surface area (Å²) in [6.07, 6.45) is 0. The average Bonchev–Trinajstić information content (AvgIpc) is 2.77. The Morgan fingerprint density at radius 2 is 1.33 bits per heavy atom. The summed E-state index contributed by atoms with van der Waals surface area (Å²) in [4.78, 5) is 11.0. The molecule has 0 aliphatic rings. The zero-order valence-electron chi connectivity index (χ0n) is 16.8. The lowest BCUT2D eigenvalue weighted by molar-refractivity contribution is 0.00598. The molecule has 0 bridgehead atoms. The van der Waals surface area contributed by atoms with E-state index in [2.05, 4.69) is 0 Å². The van der Waals surface area contributed by atoms with E-state index in [1.54, 1.807) is 18.2 Å². The molecule has 0 aliphatic heterocycles. The number of carboxylic acids is 1. The minimum absolute atomic E-state index is 0.273. The van der Waals surface area contributed by atoms with Crippen LogP contribution in [-0.4, -0.2) is 50.7 Å². The molecule has 0 spiro atoms. The second-order valence-electron chi connectivity index (χ2n) is 6.64. The molecule has 0 aromatic heterocycles. The Balaban J connectivity index is 1.22. The van der Waals surface area contributed by atoms with Gasteiger partial charge in [-0.15, -0.1) is 0 Å². The topological polar surface area (TPSA) is 74.2 Å². The molecular formula is C24H26O6. The van der Waals surface area contributed by atoms with E-state index in [0.29, 0.717) is 46.2 Å². The zero-order chi connectivity index (χ0) is 21.0. The predicted molar refractivity (Wildman–Crippen MR) is 114 cm³/mol. The van der Waals surface area contributed by atoms with E-state index >= 15 is 0 Å². The Labute approximate surface area is 175 Å². The monoisotopic (exact) mass is 410 g/mol. The molecule has 30 heavy (non-hydrogen) atoms. The summed E-state index contributed by atoms with van der Waals surface area (Å²) in [6.45, 7) is 3.58. The molecule has 158 valence electrons. The largest absolute Gasteiger partial charge is 0.491 e. The fraction of sp³-hybridized carbons (Fsp3) is 0.292. The lowest BCUT2D eigenvalue weighted by Gasteiger charge is -2.09. The van der Waals surface area contributed by atoms with Gasteiger partial charge in [0.05, 0.1) is 45.2 Å². The van der Waals surface area contributed by atoms with Crippen LogP contribution >= 0.6 is 0 Å². The first-order chi connectivity index (χ1) is 14.7. The number of rotatable bonds is 13. The van der Waals surface area contributed by atoms with Gasteiger partial charge in [0.2, 0.25) is 0 Å². The van der Waals surface area contributed by atoms with Crippen molar-refractivity contribution in [2.45, 2.75) is 6.61 Å². The van der Waals surface area contributed by atoms with Gasteiger partial charge in [0, 0.05) is 0 Å². The van der Waals surface area contributed by atoms with Gasteiger partial charge in [0.25, 0.3) is 0 Å². The lowest BCUT2D eigenvalue weighted by atomic mass is 10.1. The van der Waals surface area contributed by atoms with Gasteiger partial charge < -0.3 is 24.1 Å². The molecule has 3 aromatic carbocycles. The minimum atomic E-state index is -0.932. The van der Waals surface area contributed by atoms with Crippen LogP contribution < -0.4 is 4.74 Å². The van der Waals surface area contributed by atoms with Crippen molar-refractivity contribution < 1.29 is 28.8 Å². The van der Waals surface area contributed by atoms with Crippen molar-refractivity contribution in [3.05, 3.63) is 77.9 Å². The third-order valence-electron chi connectivity index (χ3n) is 4.41. The Bertz CT molecular complexity index is 925. The third kappa shape index (κ3) is 7.15. The number of fused-ring (bicyclic) bond motifs is 1. The van der Waals surface area contributed by atoms with Gasteiger partial charge in [-0.2, -0.15) is 0 Å². The molecule has 0 heterocycles. The van der Waals surface area contributed by atoms with Gasteiger partial charge in [0.1, 0.15) is 12.4 Å². The van der Waals surface area contributed by atoms with Gasteiger partial charge in [-0.1, -0.05) is 42.5 Å². The molecule has 0 saturated heterocycles. The normalized spacial score (nSPS) is 10.9. The number of carboxylic acid groups (broad SMARTS) is 1. The summed E-state index contributed by atoms with van der Waals surface area (Å²) in [5.74, 6) is -0.209. The summed E-state index contributed by atoms with van der Waals surface area (Å²) in [7, 11) is 0. The van der Waals surface area contributed by atoms with Gasteiger partial charge in [-0.05, 0) is 40.6 Å². The van der Waals surface area contributed by atoms with Crippen molar-refractivity contribution in [3.8, 4) is 5.75 Å². The van der Waals surface area contributed by atoms with Crippen LogP contribution in [0, 0.1) is 0 Å². The first kappa shape index (κ1) is 21.8. The SMILES string of the molecule is O=C(O)c1ccc2cc(OCCOCCOCCOCc3ccccc3)ccc2c1. The highest BCUT2D eigenvalue weighted by atomic mass is 16.6. The third-order valence-corrected chi connectivity index (χ3v) is 4.41. The number of benzene rings is 3. The highest BCUT2D eigenvalue weighted by Gasteiger charge is 2.04. The Morgan fingerprint density at radius 3 is 2.07 bits per heavy atom. The van der Waals surface area contributed by atoms with Crippen LogP contribution in [0.25, 0.3) is 10.8 Å². The molecule has 0 aliphatic carbocycles. The molecule has 0 saturated carbocycles. The van der Waals surface area contributed by atoms with Crippen LogP contribution in [-0.2, 0) is 20.8 Å². The quantitative estimate of drug-likeness (QED) is 0.427. The maximum atomic E-state index is 11.0. The molecule has 0 fully saturated rings. The average molecular weight is 410 g/mol. The summed E-state index contributed by atoms with van der Waals surface area (Å²) < 4.78 is 22.2. The molecule has 3 aromatic rings. The molecule has 6 nitrogen and oxygen atoms in total. The number of ether oxygens (including phenoxy) is 4. The van der Waals surface area contributed by atoms with Gasteiger partial charge in [-0.25, -0.2) is 4.79 Å². The van der Waals surface area contributed by atoms with E-state index in [9.17, 15) is 4.79 Å². The maximum absolute atomic E-state index is 11.0. The van der Waals surface area contributed by atoms with E-state index < -0.39 is 5.97 Å². The van der Waals surface area contributed by atoms with Crippen LogP contribution in [0.5, 0.6) is 5.75 Å². The van der Waals surface area contributed by atoms with Crippen LogP contribution in [0.1, 0.15) is 15.9 Å². The first-order valence-electron chi connectivity index (χ1n) is 9.89. The fourth-order valence-corrected chi connectivity index (χ4v) is 2.87. The molecule has 0 amide bonds. The first-order valence-corrected chi connectivity index (χ1v) is 9.89. The molecule has 6 heteroatoms. The Morgan fingerprint density at radius 1 is 0.700 bits per heavy atom. The van der Waals surface area contributed by atoms with Crippen LogP contribution in [0.2, 0.25) is 0 Å². The number of hydrogen-bond acceptors (Lipinski definition) is 5. The molecule has 0 atom stereocenters. The van der Waals surface area contributed by atoms with E-state index in [4.69, 9.17) is 24.1 Å². The molecule has 3 rings (SSSR count). The van der Waals surface area contributed by atoms with Crippen molar-refractivity contribution in [2.24, 2.45) is 0 Å². The highest BCUT2D eigenvalue weighted by molar-refractivity contribution is 5.94. The minimum Gasteiger partial charge on any atom is -0.491 e. The second kappa shape index (κ2) is 11.9. The van der Waals surface area contributed by atoms with Gasteiger partial charge >= 0.3 is 5.97 Å². The number of aromatic carboxylic acids is 1. The zero-order valence-corrected chi connectivity index (χ0v) is 16.8. The smallest absolute Gasteiger partial charge is 0.335 e. The summed E-state index contributed by atoms with van der Waals surface area (Å²) >= 11 is 0.